The number of amides is 1. The van der Waals surface area contributed by atoms with Gasteiger partial charge in [0.25, 0.3) is 0 Å². The van der Waals surface area contributed by atoms with E-state index in [1.807, 2.05) is 0 Å². The van der Waals surface area contributed by atoms with Gasteiger partial charge in [0.2, 0.25) is 5.91 Å². The number of halogens is 1. The van der Waals surface area contributed by atoms with E-state index in [0.717, 1.165) is 11.8 Å². The molecule has 4 heteroatoms. The van der Waals surface area contributed by atoms with Crippen molar-refractivity contribution in [3.63, 3.8) is 0 Å². The maximum atomic E-state index is 12.4. The van der Waals surface area contributed by atoms with E-state index in [1.54, 1.807) is 18.2 Å². The number of rotatable bonds is 2. The first-order valence-electron chi connectivity index (χ1n) is 7.01. The highest BCUT2D eigenvalue weighted by Gasteiger charge is 2.67. The third kappa shape index (κ3) is 1.61. The summed E-state index contributed by atoms with van der Waals surface area (Å²) in [6, 6.07) is 5.31. The van der Waals surface area contributed by atoms with Crippen molar-refractivity contribution in [2.24, 2.45) is 29.6 Å². The van der Waals surface area contributed by atoms with Crippen LogP contribution in [0, 0.1) is 29.6 Å². The average molecular weight is 277 g/mol. The van der Waals surface area contributed by atoms with Crippen molar-refractivity contribution in [1.82, 2.24) is 0 Å². The zero-order valence-corrected chi connectivity index (χ0v) is 11.4. The number of benzene rings is 1. The molecule has 2 bridgehead atoms. The number of carbonyl (C=O) groups is 1. The molecule has 0 heterocycles. The topological polar surface area (TPSA) is 55.1 Å². The van der Waals surface area contributed by atoms with Gasteiger partial charge in [0.15, 0.2) is 0 Å². The van der Waals surface area contributed by atoms with Crippen molar-refractivity contribution in [3.05, 3.63) is 23.2 Å². The molecule has 3 nitrogen and oxygen atoms in total. The fourth-order valence-electron chi connectivity index (χ4n) is 4.55. The number of nitrogen functional groups attached to an aromatic ring is 1. The normalized spacial score (nSPS) is 38.1. The van der Waals surface area contributed by atoms with Gasteiger partial charge in [-0.3, -0.25) is 4.79 Å². The highest BCUT2D eigenvalue weighted by molar-refractivity contribution is 6.34. The SMILES string of the molecule is Nc1cccc(Cl)c1NC(=O)C1C2C3CCC(C3)C12. The van der Waals surface area contributed by atoms with Gasteiger partial charge in [0, 0.05) is 5.92 Å². The second-order valence-corrected chi connectivity index (χ2v) is 6.61. The summed E-state index contributed by atoms with van der Waals surface area (Å²) in [6.07, 6.45) is 4.00. The fraction of sp³-hybridized carbons (Fsp3) is 0.533. The van der Waals surface area contributed by atoms with Gasteiger partial charge in [0.05, 0.1) is 16.4 Å². The van der Waals surface area contributed by atoms with Crippen molar-refractivity contribution < 1.29 is 4.79 Å². The first-order chi connectivity index (χ1) is 9.16. The molecule has 3 aliphatic carbocycles. The molecular formula is C15H17ClN2O. The third-order valence-corrected chi connectivity index (χ3v) is 5.65. The largest absolute Gasteiger partial charge is 0.397 e. The number of hydrogen-bond acceptors (Lipinski definition) is 2. The minimum atomic E-state index is 0.117. The number of carbonyl (C=O) groups excluding carboxylic acids is 1. The number of fused-ring (bicyclic) bond motifs is 5. The quantitative estimate of drug-likeness (QED) is 0.815. The molecule has 19 heavy (non-hydrogen) atoms. The highest BCUT2D eigenvalue weighted by atomic mass is 35.5. The number of nitrogens with two attached hydrogens (primary N) is 1. The Morgan fingerprint density at radius 2 is 1.95 bits per heavy atom. The summed E-state index contributed by atoms with van der Waals surface area (Å²) in [7, 11) is 0. The molecule has 3 fully saturated rings. The van der Waals surface area contributed by atoms with Gasteiger partial charge in [0.1, 0.15) is 0 Å². The van der Waals surface area contributed by atoms with E-state index in [9.17, 15) is 4.79 Å². The van der Waals surface area contributed by atoms with E-state index in [-0.39, 0.29) is 11.8 Å². The standard InChI is InChI=1S/C15H17ClN2O/c16-9-2-1-3-10(17)14(9)18-15(19)13-11-7-4-5-8(6-7)12(11)13/h1-3,7-8,11-13H,4-6,17H2,(H,18,19). The molecule has 1 aromatic carbocycles. The van der Waals surface area contributed by atoms with Crippen molar-refractivity contribution in [2.75, 3.05) is 11.1 Å². The first kappa shape index (κ1) is 11.6. The van der Waals surface area contributed by atoms with Crippen LogP contribution in [-0.2, 0) is 4.79 Å². The van der Waals surface area contributed by atoms with Gasteiger partial charge in [-0.1, -0.05) is 17.7 Å². The van der Waals surface area contributed by atoms with E-state index in [1.165, 1.54) is 19.3 Å². The minimum Gasteiger partial charge on any atom is -0.397 e. The Hall–Kier alpha value is -1.22. The van der Waals surface area contributed by atoms with Crippen LogP contribution < -0.4 is 11.1 Å². The van der Waals surface area contributed by atoms with E-state index < -0.39 is 0 Å². The molecule has 4 atom stereocenters. The summed E-state index contributed by atoms with van der Waals surface area (Å²) in [5.74, 6) is 3.21. The summed E-state index contributed by atoms with van der Waals surface area (Å²) >= 11 is 6.09. The van der Waals surface area contributed by atoms with Gasteiger partial charge in [-0.25, -0.2) is 0 Å². The molecule has 100 valence electrons. The minimum absolute atomic E-state index is 0.117. The molecule has 3 saturated carbocycles. The van der Waals surface area contributed by atoms with E-state index in [2.05, 4.69) is 5.32 Å². The maximum Gasteiger partial charge on any atom is 0.228 e. The molecule has 0 aliphatic heterocycles. The van der Waals surface area contributed by atoms with Gasteiger partial charge >= 0.3 is 0 Å². The molecule has 3 N–H and O–H groups in total. The number of nitrogens with one attached hydrogen (secondary N) is 1. The first-order valence-corrected chi connectivity index (χ1v) is 7.39. The molecule has 4 unspecified atom stereocenters. The Balaban J connectivity index is 1.52. The summed E-state index contributed by atoms with van der Waals surface area (Å²) in [6.45, 7) is 0. The summed E-state index contributed by atoms with van der Waals surface area (Å²) in [4.78, 5) is 12.4. The van der Waals surface area contributed by atoms with Crippen LogP contribution in [0.25, 0.3) is 0 Å². The number of para-hydroxylation sites is 1. The molecule has 0 aromatic heterocycles. The molecule has 4 rings (SSSR count). The predicted molar refractivity (Wildman–Crippen MR) is 75.8 cm³/mol. The van der Waals surface area contributed by atoms with Crippen molar-refractivity contribution >= 4 is 28.9 Å². The van der Waals surface area contributed by atoms with Crippen LogP contribution >= 0.6 is 11.6 Å². The molecule has 1 amide bonds. The lowest BCUT2D eigenvalue weighted by molar-refractivity contribution is -0.118. The second-order valence-electron chi connectivity index (χ2n) is 6.21. The lowest BCUT2D eigenvalue weighted by Gasteiger charge is -2.12. The number of hydrogen-bond donors (Lipinski definition) is 2. The van der Waals surface area contributed by atoms with Gasteiger partial charge in [-0.05, 0) is 55.1 Å². The lowest BCUT2D eigenvalue weighted by atomic mass is 10.0. The molecule has 0 saturated heterocycles. The third-order valence-electron chi connectivity index (χ3n) is 5.33. The zero-order valence-electron chi connectivity index (χ0n) is 10.6. The van der Waals surface area contributed by atoms with Gasteiger partial charge < -0.3 is 11.1 Å². The summed E-state index contributed by atoms with van der Waals surface area (Å²) < 4.78 is 0. The van der Waals surface area contributed by atoms with Crippen LogP contribution in [0.2, 0.25) is 5.02 Å². The van der Waals surface area contributed by atoms with Crippen LogP contribution in [0.1, 0.15) is 19.3 Å². The van der Waals surface area contributed by atoms with Crippen LogP contribution in [-0.4, -0.2) is 5.91 Å². The Morgan fingerprint density at radius 3 is 2.58 bits per heavy atom. The molecule has 0 radical (unpaired) electrons. The van der Waals surface area contributed by atoms with E-state index >= 15 is 0 Å². The lowest BCUT2D eigenvalue weighted by Crippen LogP contribution is -2.19. The summed E-state index contributed by atoms with van der Waals surface area (Å²) in [5.41, 5.74) is 6.99. The Morgan fingerprint density at radius 1 is 1.26 bits per heavy atom. The van der Waals surface area contributed by atoms with Gasteiger partial charge in [-0.2, -0.15) is 0 Å². The van der Waals surface area contributed by atoms with Crippen molar-refractivity contribution in [3.8, 4) is 0 Å². The molecule has 0 spiro atoms. The Labute approximate surface area is 117 Å². The van der Waals surface area contributed by atoms with Crippen molar-refractivity contribution in [1.29, 1.82) is 0 Å². The number of anilines is 2. The monoisotopic (exact) mass is 276 g/mol. The maximum absolute atomic E-state index is 12.4. The van der Waals surface area contributed by atoms with Crippen molar-refractivity contribution in [2.45, 2.75) is 19.3 Å². The van der Waals surface area contributed by atoms with Crippen LogP contribution in [0.3, 0.4) is 0 Å². The molecule has 1 aromatic rings. The highest BCUT2D eigenvalue weighted by Crippen LogP contribution is 2.69. The summed E-state index contributed by atoms with van der Waals surface area (Å²) in [5, 5.41) is 3.46. The van der Waals surface area contributed by atoms with Crippen LogP contribution in [0.15, 0.2) is 18.2 Å². The predicted octanol–water partition coefficient (Wildman–Crippen LogP) is 3.15. The molecular weight excluding hydrogens is 260 g/mol. The second kappa shape index (κ2) is 3.89. The average Bonchev–Trinajstić information content (AvgIpc) is 2.83. The van der Waals surface area contributed by atoms with E-state index in [4.69, 9.17) is 17.3 Å². The molecule has 3 aliphatic rings. The smallest absolute Gasteiger partial charge is 0.228 e. The Bertz CT molecular complexity index is 523. The van der Waals surface area contributed by atoms with E-state index in [0.29, 0.717) is 28.2 Å². The van der Waals surface area contributed by atoms with Crippen LogP contribution in [0.5, 0.6) is 0 Å². The Kier molecular flexibility index (Phi) is 2.37. The van der Waals surface area contributed by atoms with Crippen LogP contribution in [0.4, 0.5) is 11.4 Å². The zero-order chi connectivity index (χ0) is 13.1. The van der Waals surface area contributed by atoms with Gasteiger partial charge in [-0.15, -0.1) is 0 Å². The fourth-order valence-corrected chi connectivity index (χ4v) is 4.78.